The van der Waals surface area contributed by atoms with Crippen molar-refractivity contribution in [1.82, 2.24) is 4.90 Å². The van der Waals surface area contributed by atoms with Gasteiger partial charge in [0.25, 0.3) is 0 Å². The third kappa shape index (κ3) is 3.44. The molecule has 4 heteroatoms. The van der Waals surface area contributed by atoms with Gasteiger partial charge in [0, 0.05) is 31.2 Å². The standard InChI is InChI=1S/C20H25N3O/c1-16-14-23(15-17-8-4-2-5-9-17)13-12-20(16,19(21)24)22-18-10-6-3-7-11-18/h2-11,16,22H,12-15H2,1H3,(H2,21,24)/t16-,20+/m0/s1. The molecule has 0 aromatic heterocycles. The van der Waals surface area contributed by atoms with Crippen LogP contribution in [0.1, 0.15) is 18.9 Å². The molecule has 0 bridgehead atoms. The second-order valence-corrected chi connectivity index (χ2v) is 6.70. The molecule has 1 heterocycles. The van der Waals surface area contributed by atoms with E-state index in [4.69, 9.17) is 5.73 Å². The predicted molar refractivity (Wildman–Crippen MR) is 97.5 cm³/mol. The Hall–Kier alpha value is -2.33. The maximum atomic E-state index is 12.3. The number of carbonyl (C=O) groups excluding carboxylic acids is 1. The minimum Gasteiger partial charge on any atom is -0.371 e. The molecule has 2 aromatic carbocycles. The lowest BCUT2D eigenvalue weighted by molar-refractivity contribution is -0.125. The molecule has 2 atom stereocenters. The van der Waals surface area contributed by atoms with Gasteiger partial charge in [0.2, 0.25) is 5.91 Å². The van der Waals surface area contributed by atoms with Crippen molar-refractivity contribution < 1.29 is 4.79 Å². The molecule has 1 saturated heterocycles. The number of nitrogens with one attached hydrogen (secondary N) is 1. The number of hydrogen-bond donors (Lipinski definition) is 2. The average Bonchev–Trinajstić information content (AvgIpc) is 2.59. The highest BCUT2D eigenvalue weighted by Gasteiger charge is 2.45. The van der Waals surface area contributed by atoms with Gasteiger partial charge in [0.05, 0.1) is 0 Å². The number of para-hydroxylation sites is 1. The number of nitrogens with two attached hydrogens (primary N) is 1. The lowest BCUT2D eigenvalue weighted by atomic mass is 9.77. The van der Waals surface area contributed by atoms with Crippen LogP contribution in [0.4, 0.5) is 5.69 Å². The van der Waals surface area contributed by atoms with Gasteiger partial charge >= 0.3 is 0 Å². The number of likely N-dealkylation sites (tertiary alicyclic amines) is 1. The summed E-state index contributed by atoms with van der Waals surface area (Å²) in [5.41, 5.74) is 7.38. The van der Waals surface area contributed by atoms with Gasteiger partial charge in [0.1, 0.15) is 5.54 Å². The van der Waals surface area contributed by atoms with Crippen molar-refractivity contribution in [3.63, 3.8) is 0 Å². The van der Waals surface area contributed by atoms with Gasteiger partial charge < -0.3 is 11.1 Å². The van der Waals surface area contributed by atoms with Gasteiger partial charge in [-0.15, -0.1) is 0 Å². The SMILES string of the molecule is C[C@H]1CN(Cc2ccccc2)CC[C@]1(Nc1ccccc1)C(N)=O. The number of amides is 1. The first-order chi connectivity index (χ1) is 11.6. The Kier molecular flexibility index (Phi) is 4.86. The molecule has 126 valence electrons. The fraction of sp³-hybridized carbons (Fsp3) is 0.350. The highest BCUT2D eigenvalue weighted by atomic mass is 16.1. The van der Waals surface area contributed by atoms with Crippen LogP contribution in [-0.2, 0) is 11.3 Å². The van der Waals surface area contributed by atoms with Crippen LogP contribution in [0, 0.1) is 5.92 Å². The van der Waals surface area contributed by atoms with E-state index in [2.05, 4.69) is 41.4 Å². The van der Waals surface area contributed by atoms with Crippen LogP contribution in [-0.4, -0.2) is 29.4 Å². The van der Waals surface area contributed by atoms with Gasteiger partial charge in [0.15, 0.2) is 0 Å². The predicted octanol–water partition coefficient (Wildman–Crippen LogP) is 2.86. The molecule has 0 aliphatic carbocycles. The lowest BCUT2D eigenvalue weighted by Gasteiger charge is -2.45. The van der Waals surface area contributed by atoms with E-state index in [0.717, 1.165) is 25.3 Å². The maximum absolute atomic E-state index is 12.3. The highest BCUT2D eigenvalue weighted by Crippen LogP contribution is 2.32. The topological polar surface area (TPSA) is 58.4 Å². The van der Waals surface area contributed by atoms with E-state index < -0.39 is 5.54 Å². The Balaban J connectivity index is 1.72. The zero-order valence-electron chi connectivity index (χ0n) is 14.1. The first-order valence-electron chi connectivity index (χ1n) is 8.49. The summed E-state index contributed by atoms with van der Waals surface area (Å²) < 4.78 is 0. The van der Waals surface area contributed by atoms with Crippen LogP contribution in [0.3, 0.4) is 0 Å². The van der Waals surface area contributed by atoms with Crippen molar-refractivity contribution in [2.24, 2.45) is 11.7 Å². The normalized spacial score (nSPS) is 24.5. The Morgan fingerprint density at radius 3 is 2.38 bits per heavy atom. The second kappa shape index (κ2) is 7.05. The number of anilines is 1. The Labute approximate surface area is 143 Å². The average molecular weight is 323 g/mol. The Morgan fingerprint density at radius 1 is 1.17 bits per heavy atom. The van der Waals surface area contributed by atoms with E-state index in [1.165, 1.54) is 5.56 Å². The Morgan fingerprint density at radius 2 is 1.79 bits per heavy atom. The van der Waals surface area contributed by atoms with E-state index in [0.29, 0.717) is 6.42 Å². The molecule has 1 amide bonds. The number of primary amides is 1. The van der Waals surface area contributed by atoms with Crippen molar-refractivity contribution >= 4 is 11.6 Å². The first-order valence-corrected chi connectivity index (χ1v) is 8.49. The van der Waals surface area contributed by atoms with Crippen molar-refractivity contribution in [2.45, 2.75) is 25.4 Å². The number of piperidine rings is 1. The van der Waals surface area contributed by atoms with E-state index in [1.807, 2.05) is 36.4 Å². The molecule has 0 unspecified atom stereocenters. The van der Waals surface area contributed by atoms with Crippen LogP contribution in [0.2, 0.25) is 0 Å². The maximum Gasteiger partial charge on any atom is 0.243 e. The van der Waals surface area contributed by atoms with Crippen LogP contribution < -0.4 is 11.1 Å². The molecule has 2 aromatic rings. The van der Waals surface area contributed by atoms with E-state index in [1.54, 1.807) is 0 Å². The minimum atomic E-state index is -0.686. The van der Waals surface area contributed by atoms with Crippen LogP contribution >= 0.6 is 0 Å². The number of hydrogen-bond acceptors (Lipinski definition) is 3. The molecule has 1 fully saturated rings. The van der Waals surface area contributed by atoms with E-state index in [9.17, 15) is 4.79 Å². The van der Waals surface area contributed by atoms with Crippen molar-refractivity contribution in [2.75, 3.05) is 18.4 Å². The van der Waals surface area contributed by atoms with Gasteiger partial charge in [-0.3, -0.25) is 9.69 Å². The molecular formula is C20H25N3O. The van der Waals surface area contributed by atoms with Crippen LogP contribution in [0.5, 0.6) is 0 Å². The molecule has 4 nitrogen and oxygen atoms in total. The molecule has 1 aliphatic rings. The van der Waals surface area contributed by atoms with Gasteiger partial charge in [-0.1, -0.05) is 55.5 Å². The second-order valence-electron chi connectivity index (χ2n) is 6.70. The molecule has 0 radical (unpaired) electrons. The summed E-state index contributed by atoms with van der Waals surface area (Å²) in [6.45, 7) is 4.71. The molecule has 0 saturated carbocycles. The summed E-state index contributed by atoms with van der Waals surface area (Å²) in [7, 11) is 0. The molecule has 24 heavy (non-hydrogen) atoms. The van der Waals surface area contributed by atoms with E-state index in [-0.39, 0.29) is 11.8 Å². The first kappa shape index (κ1) is 16.5. The van der Waals surface area contributed by atoms with Gasteiger partial charge in [-0.05, 0) is 24.1 Å². The van der Waals surface area contributed by atoms with E-state index >= 15 is 0 Å². The monoisotopic (exact) mass is 323 g/mol. The number of nitrogens with zero attached hydrogens (tertiary/aromatic N) is 1. The van der Waals surface area contributed by atoms with Gasteiger partial charge in [-0.2, -0.15) is 0 Å². The third-order valence-corrected chi connectivity index (χ3v) is 5.03. The largest absolute Gasteiger partial charge is 0.371 e. The fourth-order valence-electron chi connectivity index (χ4n) is 3.59. The molecule has 0 spiro atoms. The summed E-state index contributed by atoms with van der Waals surface area (Å²) in [6.07, 6.45) is 0.714. The highest BCUT2D eigenvalue weighted by molar-refractivity contribution is 5.88. The van der Waals surface area contributed by atoms with Crippen molar-refractivity contribution in [1.29, 1.82) is 0 Å². The van der Waals surface area contributed by atoms with Crippen molar-refractivity contribution in [3.05, 3.63) is 66.2 Å². The minimum absolute atomic E-state index is 0.132. The van der Waals surface area contributed by atoms with Crippen molar-refractivity contribution in [3.8, 4) is 0 Å². The van der Waals surface area contributed by atoms with Crippen LogP contribution in [0.25, 0.3) is 0 Å². The summed E-state index contributed by atoms with van der Waals surface area (Å²) in [4.78, 5) is 14.7. The molecule has 3 rings (SSSR count). The van der Waals surface area contributed by atoms with Crippen LogP contribution in [0.15, 0.2) is 60.7 Å². The summed E-state index contributed by atoms with van der Waals surface area (Å²) in [5.74, 6) is -0.133. The summed E-state index contributed by atoms with van der Waals surface area (Å²) in [5, 5.41) is 3.43. The zero-order valence-corrected chi connectivity index (χ0v) is 14.1. The lowest BCUT2D eigenvalue weighted by Crippen LogP contribution is -2.62. The van der Waals surface area contributed by atoms with Gasteiger partial charge in [-0.25, -0.2) is 0 Å². The number of rotatable bonds is 5. The third-order valence-electron chi connectivity index (χ3n) is 5.03. The smallest absolute Gasteiger partial charge is 0.243 e. The number of carbonyl (C=O) groups is 1. The summed E-state index contributed by atoms with van der Waals surface area (Å²) in [6, 6.07) is 20.3. The number of benzene rings is 2. The summed E-state index contributed by atoms with van der Waals surface area (Å²) >= 11 is 0. The Bertz CT molecular complexity index is 674. The molecule has 1 aliphatic heterocycles. The molecular weight excluding hydrogens is 298 g/mol. The quantitative estimate of drug-likeness (QED) is 0.889. The zero-order chi connectivity index (χ0) is 17.0. The molecule has 3 N–H and O–H groups in total. The fourth-order valence-corrected chi connectivity index (χ4v) is 3.59.